The average Bonchev–Trinajstić information content (AvgIpc) is 2.55. The van der Waals surface area contributed by atoms with Crippen LogP contribution in [-0.4, -0.2) is 27.4 Å². The molecule has 3 N–H and O–H groups in total. The molecule has 2 aromatic rings. The molecular weight excluding hydrogens is 300 g/mol. The van der Waals surface area contributed by atoms with Crippen molar-refractivity contribution in [2.45, 2.75) is 19.6 Å². The Labute approximate surface area is 132 Å². The second-order valence-corrected chi connectivity index (χ2v) is 4.91. The highest BCUT2D eigenvalue weighted by Crippen LogP contribution is 2.10. The van der Waals surface area contributed by atoms with Crippen LogP contribution in [0.2, 0.25) is 0 Å². The van der Waals surface area contributed by atoms with Crippen molar-refractivity contribution in [1.29, 1.82) is 0 Å². The van der Waals surface area contributed by atoms with Crippen LogP contribution < -0.4 is 10.9 Å². The van der Waals surface area contributed by atoms with E-state index in [4.69, 9.17) is 9.84 Å². The van der Waals surface area contributed by atoms with Crippen LogP contribution in [0.25, 0.3) is 0 Å². The van der Waals surface area contributed by atoms with Crippen molar-refractivity contribution >= 4 is 6.09 Å². The van der Waals surface area contributed by atoms with Crippen molar-refractivity contribution in [3.05, 3.63) is 58.5 Å². The third-order valence-electron chi connectivity index (χ3n) is 3.15. The number of hydrogen-bond donors (Lipinski definition) is 3. The normalized spacial score (nSPS) is 10.3. The lowest BCUT2D eigenvalue weighted by molar-refractivity contribution is 0.139. The zero-order valence-corrected chi connectivity index (χ0v) is 12.4. The van der Waals surface area contributed by atoms with Crippen molar-refractivity contribution in [3.63, 3.8) is 0 Å². The fourth-order valence-corrected chi connectivity index (χ4v) is 1.93. The predicted molar refractivity (Wildman–Crippen MR) is 83.3 cm³/mol. The number of aromatic nitrogens is 1. The van der Waals surface area contributed by atoms with Crippen LogP contribution in [0.1, 0.15) is 12.0 Å². The van der Waals surface area contributed by atoms with Crippen LogP contribution in [0, 0.1) is 0 Å². The van der Waals surface area contributed by atoms with Gasteiger partial charge in [0.15, 0.2) is 5.75 Å². The summed E-state index contributed by atoms with van der Waals surface area (Å²) in [5.41, 5.74) is 0.312. The molecule has 0 bridgehead atoms. The molecule has 0 aliphatic carbocycles. The van der Waals surface area contributed by atoms with E-state index >= 15 is 0 Å². The van der Waals surface area contributed by atoms with E-state index in [9.17, 15) is 14.7 Å². The Morgan fingerprint density at radius 1 is 1.17 bits per heavy atom. The molecule has 7 nitrogen and oxygen atoms in total. The van der Waals surface area contributed by atoms with Gasteiger partial charge >= 0.3 is 6.09 Å². The number of carbonyl (C=O) groups excluding carboxylic acids is 1. The first-order valence-electron chi connectivity index (χ1n) is 7.13. The van der Waals surface area contributed by atoms with E-state index in [-0.39, 0.29) is 18.1 Å². The maximum absolute atomic E-state index is 11.6. The number of carbonyl (C=O) groups is 1. The molecule has 0 saturated carbocycles. The van der Waals surface area contributed by atoms with Gasteiger partial charge in [-0.25, -0.2) is 4.79 Å². The minimum absolute atomic E-state index is 0.109. The number of pyridine rings is 1. The SMILES string of the molecule is O=C(NCCCn1cccc(O)c1=O)OCc1ccc(O)cc1. The standard InChI is InChI=1S/C16H18N2O5/c19-13-6-4-12(5-7-13)11-23-16(22)17-8-2-10-18-9-1-3-14(20)15(18)21/h1,3-7,9,19-20H,2,8,10-11H2,(H,17,22). The average molecular weight is 318 g/mol. The summed E-state index contributed by atoms with van der Waals surface area (Å²) in [5.74, 6) is -0.144. The van der Waals surface area contributed by atoms with E-state index < -0.39 is 11.7 Å². The van der Waals surface area contributed by atoms with Gasteiger partial charge in [-0.1, -0.05) is 12.1 Å². The quantitative estimate of drug-likeness (QED) is 0.702. The van der Waals surface area contributed by atoms with Gasteiger partial charge in [0.2, 0.25) is 0 Å². The van der Waals surface area contributed by atoms with Crippen molar-refractivity contribution in [2.24, 2.45) is 0 Å². The van der Waals surface area contributed by atoms with Gasteiger partial charge in [-0.2, -0.15) is 0 Å². The fraction of sp³-hybridized carbons (Fsp3) is 0.250. The molecule has 0 fully saturated rings. The smallest absolute Gasteiger partial charge is 0.407 e. The lowest BCUT2D eigenvalue weighted by Crippen LogP contribution is -2.27. The molecule has 0 atom stereocenters. The lowest BCUT2D eigenvalue weighted by atomic mass is 10.2. The van der Waals surface area contributed by atoms with Gasteiger partial charge in [-0.05, 0) is 36.2 Å². The van der Waals surface area contributed by atoms with Gasteiger partial charge in [0.1, 0.15) is 12.4 Å². The van der Waals surface area contributed by atoms with Crippen LogP contribution in [0.5, 0.6) is 11.5 Å². The number of benzene rings is 1. The Morgan fingerprint density at radius 2 is 1.91 bits per heavy atom. The van der Waals surface area contributed by atoms with E-state index in [1.165, 1.54) is 22.8 Å². The molecule has 1 aromatic carbocycles. The van der Waals surface area contributed by atoms with Crippen molar-refractivity contribution in [3.8, 4) is 11.5 Å². The van der Waals surface area contributed by atoms with Crippen LogP contribution in [-0.2, 0) is 17.9 Å². The van der Waals surface area contributed by atoms with Gasteiger partial charge in [0, 0.05) is 19.3 Å². The summed E-state index contributed by atoms with van der Waals surface area (Å²) in [4.78, 5) is 23.1. The number of rotatable bonds is 6. The van der Waals surface area contributed by atoms with Crippen molar-refractivity contribution in [1.82, 2.24) is 9.88 Å². The molecule has 1 amide bonds. The largest absolute Gasteiger partial charge is 0.508 e. The molecular formula is C16H18N2O5. The Hall–Kier alpha value is -2.96. The maximum Gasteiger partial charge on any atom is 0.407 e. The van der Waals surface area contributed by atoms with Crippen LogP contribution in [0.4, 0.5) is 4.79 Å². The Balaban J connectivity index is 1.68. The number of hydrogen-bond acceptors (Lipinski definition) is 5. The monoisotopic (exact) mass is 318 g/mol. The van der Waals surface area contributed by atoms with E-state index in [0.717, 1.165) is 5.56 Å². The minimum Gasteiger partial charge on any atom is -0.508 e. The van der Waals surface area contributed by atoms with Gasteiger partial charge < -0.3 is 24.8 Å². The number of aromatic hydroxyl groups is 2. The second kappa shape index (κ2) is 7.88. The summed E-state index contributed by atoms with van der Waals surface area (Å²) in [7, 11) is 0. The predicted octanol–water partition coefficient (Wildman–Crippen LogP) is 1.58. The van der Waals surface area contributed by atoms with Crippen LogP contribution >= 0.6 is 0 Å². The number of phenols is 1. The number of nitrogens with one attached hydrogen (secondary N) is 1. The molecule has 23 heavy (non-hydrogen) atoms. The van der Waals surface area contributed by atoms with E-state index in [0.29, 0.717) is 19.5 Å². The number of phenolic OH excluding ortho intramolecular Hbond substituents is 1. The summed E-state index contributed by atoms with van der Waals surface area (Å²) in [6.45, 7) is 0.833. The highest BCUT2D eigenvalue weighted by atomic mass is 16.5. The van der Waals surface area contributed by atoms with E-state index in [1.807, 2.05) is 0 Å². The van der Waals surface area contributed by atoms with E-state index in [2.05, 4.69) is 5.32 Å². The Bertz CT molecular complexity index is 709. The second-order valence-electron chi connectivity index (χ2n) is 4.91. The summed E-state index contributed by atoms with van der Waals surface area (Å²) >= 11 is 0. The highest BCUT2D eigenvalue weighted by molar-refractivity contribution is 5.67. The summed E-state index contributed by atoms with van der Waals surface area (Å²) in [5, 5.41) is 21.0. The molecule has 1 aromatic heterocycles. The first kappa shape index (κ1) is 16.4. The van der Waals surface area contributed by atoms with Crippen LogP contribution in [0.15, 0.2) is 47.4 Å². The number of nitrogens with zero attached hydrogens (tertiary/aromatic N) is 1. The van der Waals surface area contributed by atoms with Crippen molar-refractivity contribution in [2.75, 3.05) is 6.54 Å². The molecule has 0 unspecified atom stereocenters. The molecule has 122 valence electrons. The molecule has 1 heterocycles. The molecule has 2 rings (SSSR count). The van der Waals surface area contributed by atoms with Gasteiger partial charge in [-0.15, -0.1) is 0 Å². The Kier molecular flexibility index (Phi) is 5.62. The first-order chi connectivity index (χ1) is 11.1. The zero-order chi connectivity index (χ0) is 16.7. The molecule has 0 spiro atoms. The Morgan fingerprint density at radius 3 is 2.65 bits per heavy atom. The highest BCUT2D eigenvalue weighted by Gasteiger charge is 2.04. The third kappa shape index (κ3) is 5.06. The van der Waals surface area contributed by atoms with E-state index in [1.54, 1.807) is 24.4 Å². The molecule has 0 saturated heterocycles. The minimum atomic E-state index is -0.554. The van der Waals surface area contributed by atoms with Crippen LogP contribution in [0.3, 0.4) is 0 Å². The summed E-state index contributed by atoms with van der Waals surface area (Å²) in [6.07, 6.45) is 1.55. The topological polar surface area (TPSA) is 101 Å². The number of amides is 1. The number of aryl methyl sites for hydroxylation is 1. The first-order valence-corrected chi connectivity index (χ1v) is 7.13. The number of alkyl carbamates (subject to hydrolysis) is 1. The van der Waals surface area contributed by atoms with Gasteiger partial charge in [-0.3, -0.25) is 4.79 Å². The van der Waals surface area contributed by atoms with Gasteiger partial charge in [0.25, 0.3) is 5.56 Å². The molecule has 7 heteroatoms. The van der Waals surface area contributed by atoms with Gasteiger partial charge in [0.05, 0.1) is 0 Å². The lowest BCUT2D eigenvalue weighted by Gasteiger charge is -2.08. The maximum atomic E-state index is 11.6. The number of ether oxygens (including phenoxy) is 1. The fourth-order valence-electron chi connectivity index (χ4n) is 1.93. The molecule has 0 aliphatic rings. The zero-order valence-electron chi connectivity index (χ0n) is 12.4. The summed E-state index contributed by atoms with van der Waals surface area (Å²) in [6, 6.07) is 9.27. The molecule has 0 radical (unpaired) electrons. The molecule has 0 aliphatic heterocycles. The van der Waals surface area contributed by atoms with Crippen molar-refractivity contribution < 1.29 is 19.7 Å². The summed E-state index contributed by atoms with van der Waals surface area (Å²) < 4.78 is 6.40. The third-order valence-corrected chi connectivity index (χ3v) is 3.15.